The molecule has 5 rings (SSSR count). The number of fused-ring (bicyclic) bond motifs is 2. The number of carbonyl (C=O) groups excluding carboxylic acids is 1. The summed E-state index contributed by atoms with van der Waals surface area (Å²) >= 11 is 0. The van der Waals surface area contributed by atoms with Gasteiger partial charge in [0.1, 0.15) is 5.65 Å². The number of aromatic amines is 1. The highest BCUT2D eigenvalue weighted by Crippen LogP contribution is 2.39. The maximum absolute atomic E-state index is 11.9. The first-order valence-corrected chi connectivity index (χ1v) is 9.21. The highest BCUT2D eigenvalue weighted by molar-refractivity contribution is 6.01. The van der Waals surface area contributed by atoms with Gasteiger partial charge < -0.3 is 10.3 Å². The van der Waals surface area contributed by atoms with E-state index in [-0.39, 0.29) is 11.8 Å². The third-order valence-corrected chi connectivity index (χ3v) is 5.60. The summed E-state index contributed by atoms with van der Waals surface area (Å²) in [6.07, 6.45) is 8.61. The van der Waals surface area contributed by atoms with Crippen LogP contribution in [0.4, 0.5) is 0 Å². The number of allylic oxidation sites excluding steroid dienone is 2. The van der Waals surface area contributed by atoms with E-state index in [2.05, 4.69) is 39.6 Å². The maximum atomic E-state index is 11.9. The van der Waals surface area contributed by atoms with Crippen LogP contribution in [-0.2, 0) is 6.54 Å². The molecule has 0 saturated heterocycles. The van der Waals surface area contributed by atoms with Crippen LogP contribution in [0.5, 0.6) is 0 Å². The van der Waals surface area contributed by atoms with Crippen LogP contribution in [-0.4, -0.2) is 15.9 Å². The quantitative estimate of drug-likeness (QED) is 0.724. The normalized spacial score (nSPS) is 18.7. The fourth-order valence-corrected chi connectivity index (χ4v) is 4.15. The number of nitrogens with zero attached hydrogens (tertiary/aromatic N) is 2. The average Bonchev–Trinajstić information content (AvgIpc) is 3.34. The van der Waals surface area contributed by atoms with Gasteiger partial charge in [0.2, 0.25) is 0 Å². The Kier molecular flexibility index (Phi) is 3.58. The molecule has 2 N–H and O–H groups in total. The van der Waals surface area contributed by atoms with Crippen molar-refractivity contribution < 1.29 is 4.79 Å². The van der Waals surface area contributed by atoms with Gasteiger partial charge in [-0.25, -0.2) is 4.98 Å². The van der Waals surface area contributed by atoms with Crippen LogP contribution in [0.1, 0.15) is 40.7 Å². The summed E-state index contributed by atoms with van der Waals surface area (Å²) in [5.41, 5.74) is 7.26. The number of rotatable bonds is 2. The van der Waals surface area contributed by atoms with E-state index in [9.17, 15) is 10.1 Å². The second-order valence-corrected chi connectivity index (χ2v) is 7.17. The molecule has 132 valence electrons. The number of nitrogens with one attached hydrogen (secondary N) is 2. The topological polar surface area (TPSA) is 81.6 Å². The minimum atomic E-state index is -0.00600. The van der Waals surface area contributed by atoms with Gasteiger partial charge in [0.05, 0.1) is 12.0 Å². The SMILES string of the molecule is N#CC1CC=C(c2c(-c3ccc4c(c3)CNC4=O)cnc3[nH]ccc23)CC1. The van der Waals surface area contributed by atoms with Gasteiger partial charge in [-0.15, -0.1) is 0 Å². The molecule has 27 heavy (non-hydrogen) atoms. The van der Waals surface area contributed by atoms with E-state index in [0.717, 1.165) is 52.5 Å². The van der Waals surface area contributed by atoms with Crippen molar-refractivity contribution in [2.45, 2.75) is 25.8 Å². The molecule has 1 amide bonds. The third-order valence-electron chi connectivity index (χ3n) is 5.60. The third kappa shape index (κ3) is 2.53. The Morgan fingerprint density at radius 2 is 2.15 bits per heavy atom. The van der Waals surface area contributed by atoms with E-state index >= 15 is 0 Å². The van der Waals surface area contributed by atoms with Gasteiger partial charge in [-0.2, -0.15) is 5.26 Å². The number of hydrogen-bond acceptors (Lipinski definition) is 3. The fraction of sp³-hybridized carbons (Fsp3) is 0.227. The van der Waals surface area contributed by atoms with E-state index in [0.29, 0.717) is 6.54 Å². The Hall–Kier alpha value is -3.39. The van der Waals surface area contributed by atoms with Gasteiger partial charge in [-0.1, -0.05) is 12.1 Å². The number of benzene rings is 1. The number of H-pyrrole nitrogens is 1. The maximum Gasteiger partial charge on any atom is 0.251 e. The van der Waals surface area contributed by atoms with E-state index in [1.807, 2.05) is 24.5 Å². The summed E-state index contributed by atoms with van der Waals surface area (Å²) < 4.78 is 0. The molecule has 3 heterocycles. The molecule has 5 heteroatoms. The van der Waals surface area contributed by atoms with Crippen LogP contribution in [0, 0.1) is 17.2 Å². The Balaban J connectivity index is 1.69. The van der Waals surface area contributed by atoms with Gasteiger partial charge in [0, 0.05) is 35.5 Å². The lowest BCUT2D eigenvalue weighted by Crippen LogP contribution is -2.12. The van der Waals surface area contributed by atoms with E-state index in [1.165, 1.54) is 11.1 Å². The van der Waals surface area contributed by atoms with Crippen LogP contribution in [0.15, 0.2) is 42.7 Å². The number of amides is 1. The number of hydrogen-bond donors (Lipinski definition) is 2. The molecule has 1 aliphatic carbocycles. The lowest BCUT2D eigenvalue weighted by Gasteiger charge is -2.20. The zero-order chi connectivity index (χ0) is 18.4. The van der Waals surface area contributed by atoms with Crippen LogP contribution < -0.4 is 5.32 Å². The Labute approximate surface area is 156 Å². The molecule has 0 saturated carbocycles. The monoisotopic (exact) mass is 354 g/mol. The van der Waals surface area contributed by atoms with Crippen molar-refractivity contribution in [2.24, 2.45) is 5.92 Å². The number of nitriles is 1. The average molecular weight is 354 g/mol. The molecule has 0 spiro atoms. The molecule has 2 aromatic heterocycles. The van der Waals surface area contributed by atoms with Crippen molar-refractivity contribution in [1.82, 2.24) is 15.3 Å². The van der Waals surface area contributed by atoms with Crippen LogP contribution in [0.2, 0.25) is 0 Å². The first-order chi connectivity index (χ1) is 13.2. The van der Waals surface area contributed by atoms with Crippen molar-refractivity contribution in [3.63, 3.8) is 0 Å². The van der Waals surface area contributed by atoms with Crippen molar-refractivity contribution >= 4 is 22.5 Å². The predicted molar refractivity (Wildman–Crippen MR) is 104 cm³/mol. The molecule has 1 aliphatic heterocycles. The molecule has 1 aromatic carbocycles. The Morgan fingerprint density at radius 3 is 2.96 bits per heavy atom. The van der Waals surface area contributed by atoms with Gasteiger partial charge in [0.15, 0.2) is 0 Å². The number of pyridine rings is 1. The molecule has 0 bridgehead atoms. The standard InChI is InChI=1S/C22H18N4O/c23-10-13-1-3-14(4-2-13)20-18-7-8-24-21(18)25-12-19(20)15-5-6-17-16(9-15)11-26-22(17)27/h3,5-9,12-13H,1-2,4,11H2,(H,24,25)(H,26,27). The van der Waals surface area contributed by atoms with Gasteiger partial charge >= 0.3 is 0 Å². The van der Waals surface area contributed by atoms with Gasteiger partial charge in [0.25, 0.3) is 5.91 Å². The smallest absolute Gasteiger partial charge is 0.251 e. The molecule has 0 fully saturated rings. The summed E-state index contributed by atoms with van der Waals surface area (Å²) in [5, 5.41) is 13.2. The molecule has 3 aromatic rings. The van der Waals surface area contributed by atoms with Gasteiger partial charge in [-0.05, 0) is 59.7 Å². The summed E-state index contributed by atoms with van der Waals surface area (Å²) in [6.45, 7) is 0.573. The summed E-state index contributed by atoms with van der Waals surface area (Å²) in [7, 11) is 0. The summed E-state index contributed by atoms with van der Waals surface area (Å²) in [4.78, 5) is 19.7. The molecular weight excluding hydrogens is 336 g/mol. The van der Waals surface area contributed by atoms with E-state index < -0.39 is 0 Å². The van der Waals surface area contributed by atoms with Crippen molar-refractivity contribution in [2.75, 3.05) is 0 Å². The lowest BCUT2D eigenvalue weighted by molar-refractivity contribution is 0.0966. The second kappa shape index (κ2) is 6.10. The molecule has 0 radical (unpaired) electrons. The first kappa shape index (κ1) is 15.8. The first-order valence-electron chi connectivity index (χ1n) is 9.21. The Bertz CT molecular complexity index is 1150. The minimum Gasteiger partial charge on any atom is -0.348 e. The number of aromatic nitrogens is 2. The summed E-state index contributed by atoms with van der Waals surface area (Å²) in [6, 6.07) is 10.4. The molecule has 5 nitrogen and oxygen atoms in total. The van der Waals surface area contributed by atoms with Crippen molar-refractivity contribution in [3.05, 3.63) is 59.4 Å². The largest absolute Gasteiger partial charge is 0.348 e. The van der Waals surface area contributed by atoms with E-state index in [1.54, 1.807) is 0 Å². The van der Waals surface area contributed by atoms with Crippen LogP contribution in [0.3, 0.4) is 0 Å². The van der Waals surface area contributed by atoms with Gasteiger partial charge in [-0.3, -0.25) is 4.79 Å². The van der Waals surface area contributed by atoms with E-state index in [4.69, 9.17) is 0 Å². The fourth-order valence-electron chi connectivity index (χ4n) is 4.15. The zero-order valence-electron chi connectivity index (χ0n) is 14.7. The molecule has 1 atom stereocenters. The number of carbonyl (C=O) groups is 1. The summed E-state index contributed by atoms with van der Waals surface area (Å²) in [5.74, 6) is 0.103. The lowest BCUT2D eigenvalue weighted by atomic mass is 9.84. The van der Waals surface area contributed by atoms with Crippen molar-refractivity contribution in [3.8, 4) is 17.2 Å². The molecule has 2 aliphatic rings. The predicted octanol–water partition coefficient (Wildman–Crippen LogP) is 4.18. The zero-order valence-corrected chi connectivity index (χ0v) is 14.7. The Morgan fingerprint density at radius 1 is 1.22 bits per heavy atom. The highest BCUT2D eigenvalue weighted by Gasteiger charge is 2.23. The van der Waals surface area contributed by atoms with Crippen LogP contribution in [0.25, 0.3) is 27.7 Å². The van der Waals surface area contributed by atoms with Crippen molar-refractivity contribution in [1.29, 1.82) is 5.26 Å². The van der Waals surface area contributed by atoms with Crippen LogP contribution >= 0.6 is 0 Å². The second-order valence-electron chi connectivity index (χ2n) is 7.17. The minimum absolute atomic E-state index is 0.00600. The highest BCUT2D eigenvalue weighted by atomic mass is 16.1. The molecular formula is C22H18N4O. The molecule has 1 unspecified atom stereocenters.